The third-order valence-corrected chi connectivity index (χ3v) is 4.75. The molecule has 0 bridgehead atoms. The number of hydrogen-bond acceptors (Lipinski definition) is 5. The molecule has 1 aromatic carbocycles. The van der Waals surface area contributed by atoms with E-state index >= 15 is 0 Å². The van der Waals surface area contributed by atoms with Crippen LogP contribution in [-0.4, -0.2) is 26.2 Å². The Balaban J connectivity index is 1.95. The van der Waals surface area contributed by atoms with E-state index in [2.05, 4.69) is 16.0 Å². The van der Waals surface area contributed by atoms with Crippen LogP contribution in [0.1, 0.15) is 18.5 Å². The SMILES string of the molecule is COc1ccc(OC)c(NC(=O)C2=C(C)NC(=O)N[C@@H]2c2ccsc2)c1. The Kier molecular flexibility index (Phi) is 5.13. The Morgan fingerprint density at radius 1 is 1.23 bits per heavy atom. The number of allylic oxidation sites excluding steroid dienone is 1. The van der Waals surface area contributed by atoms with E-state index in [0.29, 0.717) is 28.5 Å². The number of amides is 3. The molecule has 2 heterocycles. The van der Waals surface area contributed by atoms with Gasteiger partial charge in [0.15, 0.2) is 0 Å². The zero-order valence-electron chi connectivity index (χ0n) is 14.6. The predicted molar refractivity (Wildman–Crippen MR) is 99.6 cm³/mol. The van der Waals surface area contributed by atoms with Crippen molar-refractivity contribution in [3.8, 4) is 11.5 Å². The molecule has 26 heavy (non-hydrogen) atoms. The summed E-state index contributed by atoms with van der Waals surface area (Å²) in [7, 11) is 3.08. The van der Waals surface area contributed by atoms with Crippen molar-refractivity contribution in [2.45, 2.75) is 13.0 Å². The van der Waals surface area contributed by atoms with E-state index in [1.54, 1.807) is 32.2 Å². The average Bonchev–Trinajstić information content (AvgIpc) is 3.15. The van der Waals surface area contributed by atoms with Gasteiger partial charge in [0, 0.05) is 11.8 Å². The standard InChI is InChI=1S/C18H19N3O4S/c1-10-15(16(21-18(23)19-10)11-6-7-26-9-11)17(22)20-13-8-12(24-2)4-5-14(13)25-3/h4-9,16H,1-3H3,(H,20,22)(H2,19,21,23)/t16-/m1/s1. The van der Waals surface area contributed by atoms with Gasteiger partial charge in [0.1, 0.15) is 11.5 Å². The van der Waals surface area contributed by atoms with Gasteiger partial charge in [-0.15, -0.1) is 0 Å². The predicted octanol–water partition coefficient (Wildman–Crippen LogP) is 3.03. The molecule has 1 aliphatic rings. The number of carbonyl (C=O) groups is 2. The van der Waals surface area contributed by atoms with Crippen LogP contribution in [0.3, 0.4) is 0 Å². The lowest BCUT2D eigenvalue weighted by atomic mass is 9.97. The van der Waals surface area contributed by atoms with Crippen molar-refractivity contribution >= 4 is 29.0 Å². The fourth-order valence-corrected chi connectivity index (χ4v) is 3.47. The minimum absolute atomic E-state index is 0.335. The van der Waals surface area contributed by atoms with Crippen molar-refractivity contribution < 1.29 is 19.1 Å². The topological polar surface area (TPSA) is 88.7 Å². The number of rotatable bonds is 5. The Morgan fingerprint density at radius 3 is 2.69 bits per heavy atom. The molecule has 0 unspecified atom stereocenters. The van der Waals surface area contributed by atoms with Crippen molar-refractivity contribution in [1.82, 2.24) is 10.6 Å². The molecule has 0 fully saturated rings. The van der Waals surface area contributed by atoms with Gasteiger partial charge in [-0.25, -0.2) is 4.79 Å². The Labute approximate surface area is 155 Å². The number of benzene rings is 1. The van der Waals surface area contributed by atoms with Gasteiger partial charge in [-0.05, 0) is 41.4 Å². The highest BCUT2D eigenvalue weighted by atomic mass is 32.1. The van der Waals surface area contributed by atoms with E-state index in [4.69, 9.17) is 9.47 Å². The summed E-state index contributed by atoms with van der Waals surface area (Å²) >= 11 is 1.50. The number of urea groups is 1. The van der Waals surface area contributed by atoms with Gasteiger partial charge in [-0.2, -0.15) is 11.3 Å². The lowest BCUT2D eigenvalue weighted by Gasteiger charge is -2.28. The normalized spacial score (nSPS) is 16.6. The van der Waals surface area contributed by atoms with Crippen molar-refractivity contribution in [2.75, 3.05) is 19.5 Å². The second-order valence-corrected chi connectivity index (χ2v) is 6.43. The summed E-state index contributed by atoms with van der Waals surface area (Å²) in [5.74, 6) is 0.770. The lowest BCUT2D eigenvalue weighted by Crippen LogP contribution is -2.45. The monoisotopic (exact) mass is 373 g/mol. The van der Waals surface area contributed by atoms with Gasteiger partial charge in [0.25, 0.3) is 5.91 Å². The fourth-order valence-electron chi connectivity index (χ4n) is 2.79. The summed E-state index contributed by atoms with van der Waals surface area (Å²) in [4.78, 5) is 24.9. The van der Waals surface area contributed by atoms with Crippen molar-refractivity contribution in [3.05, 3.63) is 51.9 Å². The number of nitrogens with one attached hydrogen (secondary N) is 3. The highest BCUT2D eigenvalue weighted by molar-refractivity contribution is 7.08. The summed E-state index contributed by atoms with van der Waals surface area (Å²) < 4.78 is 10.5. The first kappa shape index (κ1) is 17.8. The molecule has 1 aliphatic heterocycles. The zero-order valence-corrected chi connectivity index (χ0v) is 15.4. The molecule has 7 nitrogen and oxygen atoms in total. The van der Waals surface area contributed by atoms with Crippen LogP contribution >= 0.6 is 11.3 Å². The van der Waals surface area contributed by atoms with Gasteiger partial charge in [0.05, 0.1) is 31.5 Å². The van der Waals surface area contributed by atoms with Gasteiger partial charge < -0.3 is 25.4 Å². The number of thiophene rings is 1. The Hall–Kier alpha value is -3.00. The minimum atomic E-state index is -0.522. The first-order valence-corrected chi connectivity index (χ1v) is 8.81. The summed E-state index contributed by atoms with van der Waals surface area (Å²) in [6.45, 7) is 1.70. The molecule has 0 radical (unpaired) electrons. The average molecular weight is 373 g/mol. The smallest absolute Gasteiger partial charge is 0.319 e. The number of anilines is 1. The number of hydrogen-bond donors (Lipinski definition) is 3. The third kappa shape index (κ3) is 3.50. The van der Waals surface area contributed by atoms with E-state index in [1.165, 1.54) is 18.4 Å². The Morgan fingerprint density at radius 2 is 2.04 bits per heavy atom. The minimum Gasteiger partial charge on any atom is -0.497 e. The van der Waals surface area contributed by atoms with Crippen molar-refractivity contribution in [2.24, 2.45) is 0 Å². The number of ether oxygens (including phenoxy) is 2. The molecule has 2 aromatic rings. The third-order valence-electron chi connectivity index (χ3n) is 4.05. The first-order valence-electron chi connectivity index (χ1n) is 7.87. The molecule has 8 heteroatoms. The summed E-state index contributed by atoms with van der Waals surface area (Å²) in [5.41, 5.74) is 2.28. The molecule has 0 aliphatic carbocycles. The molecule has 3 N–H and O–H groups in total. The van der Waals surface area contributed by atoms with E-state index in [-0.39, 0.29) is 11.9 Å². The summed E-state index contributed by atoms with van der Waals surface area (Å²) in [6.07, 6.45) is 0. The molecule has 3 amide bonds. The Bertz CT molecular complexity index is 861. The fraction of sp³-hybridized carbons (Fsp3) is 0.222. The van der Waals surface area contributed by atoms with Crippen molar-refractivity contribution in [1.29, 1.82) is 0 Å². The molecular weight excluding hydrogens is 354 g/mol. The highest BCUT2D eigenvalue weighted by Gasteiger charge is 2.31. The van der Waals surface area contributed by atoms with Crippen molar-refractivity contribution in [3.63, 3.8) is 0 Å². The van der Waals surface area contributed by atoms with Gasteiger partial charge >= 0.3 is 6.03 Å². The molecule has 1 atom stereocenters. The maximum Gasteiger partial charge on any atom is 0.319 e. The second-order valence-electron chi connectivity index (χ2n) is 5.65. The van der Waals surface area contributed by atoms with Gasteiger partial charge in [0.2, 0.25) is 0 Å². The van der Waals surface area contributed by atoms with Crippen LogP contribution in [0.25, 0.3) is 0 Å². The molecule has 0 saturated heterocycles. The van der Waals surface area contributed by atoms with Crippen LogP contribution in [-0.2, 0) is 4.79 Å². The number of methoxy groups -OCH3 is 2. The van der Waals surface area contributed by atoms with Gasteiger partial charge in [-0.1, -0.05) is 0 Å². The van der Waals surface area contributed by atoms with E-state index < -0.39 is 6.04 Å². The van der Waals surface area contributed by atoms with Crippen LogP contribution < -0.4 is 25.4 Å². The van der Waals surface area contributed by atoms with Crippen LogP contribution in [0.4, 0.5) is 10.5 Å². The maximum atomic E-state index is 13.0. The van der Waals surface area contributed by atoms with E-state index in [0.717, 1.165) is 5.56 Å². The highest BCUT2D eigenvalue weighted by Crippen LogP contribution is 2.32. The molecule has 0 saturated carbocycles. The lowest BCUT2D eigenvalue weighted by molar-refractivity contribution is -0.113. The molecule has 0 spiro atoms. The maximum absolute atomic E-state index is 13.0. The van der Waals surface area contributed by atoms with Crippen LogP contribution in [0, 0.1) is 0 Å². The van der Waals surface area contributed by atoms with E-state index in [1.807, 2.05) is 16.8 Å². The van der Waals surface area contributed by atoms with Crippen LogP contribution in [0.5, 0.6) is 11.5 Å². The van der Waals surface area contributed by atoms with E-state index in [9.17, 15) is 9.59 Å². The van der Waals surface area contributed by atoms with Gasteiger partial charge in [-0.3, -0.25) is 4.79 Å². The second kappa shape index (κ2) is 7.49. The summed E-state index contributed by atoms with van der Waals surface area (Å²) in [6, 6.07) is 6.16. The van der Waals surface area contributed by atoms with Crippen LogP contribution in [0.2, 0.25) is 0 Å². The quantitative estimate of drug-likeness (QED) is 0.752. The largest absolute Gasteiger partial charge is 0.497 e. The first-order chi connectivity index (χ1) is 12.5. The molecule has 136 valence electrons. The van der Waals surface area contributed by atoms with Crippen LogP contribution in [0.15, 0.2) is 46.3 Å². The zero-order chi connectivity index (χ0) is 18.7. The summed E-state index contributed by atoms with van der Waals surface area (Å²) in [5, 5.41) is 12.1. The molecule has 1 aromatic heterocycles. The number of carbonyl (C=O) groups excluding carboxylic acids is 2. The molecular formula is C18H19N3O4S. The molecule has 3 rings (SSSR count).